The van der Waals surface area contributed by atoms with Crippen molar-refractivity contribution in [2.45, 2.75) is 152 Å². The molecule has 8 aliphatic heterocycles. The fraction of sp³-hybridized carbons (Fsp3) is 0.273. The average molecular weight is 1710 g/mol. The van der Waals surface area contributed by atoms with Gasteiger partial charge < -0.3 is 39.4 Å². The van der Waals surface area contributed by atoms with Crippen LogP contribution in [0.4, 0.5) is 5.69 Å². The van der Waals surface area contributed by atoms with Crippen LogP contribution in [-0.4, -0.2) is 103 Å². The smallest absolute Gasteiger partial charge is 0.352 e. The third kappa shape index (κ3) is 12.3. The van der Waals surface area contributed by atoms with Gasteiger partial charge in [0.25, 0.3) is 5.69 Å². The summed E-state index contributed by atoms with van der Waals surface area (Å²) in [6.07, 6.45) is 15.2. The van der Waals surface area contributed by atoms with E-state index in [-0.39, 0.29) is 54.0 Å². The van der Waals surface area contributed by atoms with Crippen molar-refractivity contribution in [1.82, 2.24) is 55.7 Å². The molecule has 22 rings (SSSR count). The highest BCUT2D eigenvalue weighted by molar-refractivity contribution is 6.32. The van der Waals surface area contributed by atoms with Gasteiger partial charge in [0.05, 0.1) is 58.9 Å². The van der Waals surface area contributed by atoms with Gasteiger partial charge in [-0.15, -0.1) is 0 Å². The highest BCUT2D eigenvalue weighted by Crippen LogP contribution is 2.56. The monoisotopic (exact) mass is 1710 g/mol. The summed E-state index contributed by atoms with van der Waals surface area (Å²) in [5.41, 5.74) is 1.61. The van der Waals surface area contributed by atoms with Crippen LogP contribution in [0.2, 0.25) is 15.1 Å². The van der Waals surface area contributed by atoms with Crippen LogP contribution in [0.3, 0.4) is 0 Å². The maximum absolute atomic E-state index is 13.7. The third-order valence-corrected chi connectivity index (χ3v) is 25.5. The summed E-state index contributed by atoms with van der Waals surface area (Å²) < 4.78 is 41.1. The molecule has 4 aromatic heterocycles. The Morgan fingerprint density at radius 1 is 0.361 bits per heavy atom. The summed E-state index contributed by atoms with van der Waals surface area (Å²) in [5, 5.41) is 52.5. The van der Waals surface area contributed by atoms with Gasteiger partial charge in [-0.25, -0.2) is 94.1 Å². The molecule has 10 aliphatic rings. The summed E-state index contributed by atoms with van der Waals surface area (Å²) >= 11 is 18.2. The SMILES string of the molecule is CC1(C)Oc2cc(O)ccc2C2C1=CCn1c(=O)n(-c3ccc(Cl)cc3)c(=O)n12.CC1(C)Oc2cc(O)ccc2C2C1=CCn1c(=O)n(-c3ccccc3Cl)c(=O)n12.O=c1n(-c2ccc(Cl)cc2)c(=O)n2n1CC=C1C2c2ccc(O)cc2OC12CCCC2.O=c1n(-c2cccc([N+](=O)[O-])c2)c(=O)n2n1CC=C1C2c2ccc(O)cc2OC12CCCC2. The molecule has 2 aliphatic carbocycles. The second-order valence-electron chi connectivity index (χ2n) is 32.5. The zero-order valence-electron chi connectivity index (χ0n) is 65.7. The standard InChI is InChI=1S/C23H20ClN3O4.C23H20N4O6.2C21H18ClN3O4/c24-14-3-5-15(6-4-14)26-21(29)25-12-9-18-20(27(25)22(26)30)17-8-7-16(28)13-19(17)31-23(18)10-1-2-11-23;28-16-6-7-17-19(13-16)33-23(9-1-2-10-23)18-8-11-24-21(29)25(22(30)26(24)20(17)18)14-4-3-5-15(12-14)27(31)32;1-21(2)16-9-10-23-19(27)24(13-5-3-12(22)4-6-13)20(28)25(23)18(16)15-8-7-14(26)11-17(15)29-21;1-21(2)14-9-10-23-19(27)24(16-6-4-3-5-15(16)22)20(28)25(23)18(14)13-8-7-12(26)11-17(13)29-21/h3-9,13,20,28H,1-2,10-12H2;3-8,12-13,20,28H,1-2,9-11H2;2*3-9,11,18,26H,10H2,1-2H3. The maximum atomic E-state index is 13.7. The molecular formula is C88H76Cl3N13O18. The van der Waals surface area contributed by atoms with E-state index in [2.05, 4.69) is 0 Å². The molecule has 34 heteroatoms. The molecule has 4 N–H and O–H groups in total. The zero-order valence-corrected chi connectivity index (χ0v) is 68.0. The topological polar surface area (TPSA) is 357 Å². The van der Waals surface area contributed by atoms with Crippen LogP contribution in [0.25, 0.3) is 22.7 Å². The van der Waals surface area contributed by atoms with E-state index in [0.29, 0.717) is 72.8 Å². The molecule has 0 saturated heterocycles. The molecule has 622 valence electrons. The number of aromatic nitrogens is 12. The van der Waals surface area contributed by atoms with Crippen LogP contribution in [0.5, 0.6) is 46.0 Å². The summed E-state index contributed by atoms with van der Waals surface area (Å²) in [7, 11) is 0. The molecule has 0 amide bonds. The molecule has 12 aromatic rings. The summed E-state index contributed by atoms with van der Waals surface area (Å²) in [4.78, 5) is 118. The van der Waals surface area contributed by atoms with Gasteiger partial charge in [-0.2, -0.15) is 0 Å². The number of aromatic hydroxyl groups is 4. The Balaban J connectivity index is 0.000000107. The van der Waals surface area contributed by atoms with Gasteiger partial charge in [-0.3, -0.25) is 10.1 Å². The minimum absolute atomic E-state index is 0.0593. The van der Waals surface area contributed by atoms with E-state index in [1.165, 1.54) is 79.8 Å². The summed E-state index contributed by atoms with van der Waals surface area (Å²) in [6, 6.07) is 42.8. The number of phenols is 4. The lowest BCUT2D eigenvalue weighted by Crippen LogP contribution is -2.48. The van der Waals surface area contributed by atoms with Crippen molar-refractivity contribution >= 4 is 40.5 Å². The highest BCUT2D eigenvalue weighted by Gasteiger charge is 2.53. The molecule has 12 heterocycles. The fourth-order valence-corrected chi connectivity index (χ4v) is 19.7. The molecule has 8 aromatic carbocycles. The Kier molecular flexibility index (Phi) is 18.5. The average Bonchev–Trinajstić information content (AvgIpc) is 1.51. The Bertz CT molecular complexity index is 7120. The minimum Gasteiger partial charge on any atom is -0.508 e. The Morgan fingerprint density at radius 3 is 1.04 bits per heavy atom. The van der Waals surface area contributed by atoms with Gasteiger partial charge in [0, 0.05) is 79.8 Å². The second-order valence-corrected chi connectivity index (χ2v) is 33.7. The number of nitro groups is 1. The van der Waals surface area contributed by atoms with Crippen LogP contribution >= 0.6 is 34.8 Å². The number of fused-ring (bicyclic) bond motifs is 22. The minimum atomic E-state index is -0.710. The number of para-hydroxylation sites is 1. The lowest BCUT2D eigenvalue weighted by Gasteiger charge is -2.44. The predicted octanol–water partition coefficient (Wildman–Crippen LogP) is 11.8. The molecule has 4 atom stereocenters. The third-order valence-electron chi connectivity index (χ3n) is 24.7. The van der Waals surface area contributed by atoms with E-state index in [4.69, 9.17) is 53.8 Å². The van der Waals surface area contributed by atoms with E-state index in [0.717, 1.165) is 98.5 Å². The van der Waals surface area contributed by atoms with E-state index in [9.17, 15) is 68.9 Å². The number of nitro benzene ring substituents is 1. The number of hydrogen-bond donors (Lipinski definition) is 4. The van der Waals surface area contributed by atoms with E-state index >= 15 is 0 Å². The summed E-state index contributed by atoms with van der Waals surface area (Å²) in [6.45, 7) is 8.64. The quantitative estimate of drug-likeness (QED) is 0.0706. The van der Waals surface area contributed by atoms with Crippen molar-refractivity contribution in [2.24, 2.45) is 0 Å². The number of allylic oxidation sites excluding steroid dienone is 4. The molecule has 2 fully saturated rings. The number of ether oxygens (including phenoxy) is 4. The molecule has 2 spiro atoms. The first-order valence-electron chi connectivity index (χ1n) is 39.6. The Morgan fingerprint density at radius 2 is 0.680 bits per heavy atom. The normalized spacial score (nSPS) is 19.6. The van der Waals surface area contributed by atoms with Gasteiger partial charge in [-0.05, 0) is 205 Å². The van der Waals surface area contributed by atoms with Crippen LogP contribution in [0, 0.1) is 10.1 Å². The van der Waals surface area contributed by atoms with Crippen molar-refractivity contribution in [3.8, 4) is 68.7 Å². The van der Waals surface area contributed by atoms with Gasteiger partial charge in [0.15, 0.2) is 0 Å². The zero-order chi connectivity index (χ0) is 85.2. The Labute approximate surface area is 704 Å². The number of nitrogens with zero attached hydrogens (tertiary/aromatic N) is 13. The lowest BCUT2D eigenvalue weighted by molar-refractivity contribution is -0.384. The van der Waals surface area contributed by atoms with Gasteiger partial charge in [-0.1, -0.05) is 77.3 Å². The number of hydrogen-bond acceptors (Lipinski definition) is 18. The first kappa shape index (κ1) is 78.2. The van der Waals surface area contributed by atoms with Crippen molar-refractivity contribution < 1.29 is 44.3 Å². The van der Waals surface area contributed by atoms with Crippen molar-refractivity contribution in [3.63, 3.8) is 0 Å². The van der Waals surface area contributed by atoms with E-state index < -0.39 is 97.0 Å². The number of rotatable bonds is 5. The van der Waals surface area contributed by atoms with Crippen molar-refractivity contribution in [2.75, 3.05) is 0 Å². The van der Waals surface area contributed by atoms with Crippen LogP contribution < -0.4 is 64.5 Å². The van der Waals surface area contributed by atoms with Crippen LogP contribution in [0.15, 0.2) is 255 Å². The second kappa shape index (κ2) is 28.8. The summed E-state index contributed by atoms with van der Waals surface area (Å²) in [5.74, 6) is 2.35. The van der Waals surface area contributed by atoms with Crippen LogP contribution in [-0.2, 0) is 26.2 Å². The van der Waals surface area contributed by atoms with E-state index in [1.54, 1.807) is 132 Å². The fourth-order valence-electron chi connectivity index (χ4n) is 19.2. The molecule has 122 heavy (non-hydrogen) atoms. The molecule has 2 saturated carbocycles. The Hall–Kier alpha value is -13.7. The predicted molar refractivity (Wildman–Crippen MR) is 449 cm³/mol. The first-order valence-corrected chi connectivity index (χ1v) is 40.8. The van der Waals surface area contributed by atoms with E-state index in [1.807, 2.05) is 52.0 Å². The molecular weight excluding hydrogens is 1630 g/mol. The van der Waals surface area contributed by atoms with Crippen molar-refractivity contribution in [1.29, 1.82) is 0 Å². The van der Waals surface area contributed by atoms with Crippen molar-refractivity contribution in [3.05, 3.63) is 348 Å². The lowest BCUT2D eigenvalue weighted by atomic mass is 9.79. The molecule has 31 nitrogen and oxygen atoms in total. The molecule has 4 unspecified atom stereocenters. The maximum Gasteiger partial charge on any atom is 0.352 e. The number of halogens is 3. The molecule has 0 radical (unpaired) electrons. The van der Waals surface area contributed by atoms with Gasteiger partial charge >= 0.3 is 45.5 Å². The first-order chi connectivity index (χ1) is 58.4. The highest BCUT2D eigenvalue weighted by atomic mass is 35.5. The largest absolute Gasteiger partial charge is 0.508 e. The number of benzene rings is 8. The molecule has 0 bridgehead atoms. The van der Waals surface area contributed by atoms with Gasteiger partial charge in [0.2, 0.25) is 0 Å². The van der Waals surface area contributed by atoms with Crippen LogP contribution in [0.1, 0.15) is 125 Å². The van der Waals surface area contributed by atoms with Gasteiger partial charge in [0.1, 0.15) is 92.6 Å². The number of non-ortho nitro benzene ring substituents is 1. The number of phenolic OH excluding ortho intramolecular Hbond substituents is 4.